The molecule has 2 aromatic heterocycles. The highest BCUT2D eigenvalue weighted by Gasteiger charge is 2.14. The zero-order valence-corrected chi connectivity index (χ0v) is 13.2. The molecule has 0 unspecified atom stereocenters. The van der Waals surface area contributed by atoms with Crippen molar-refractivity contribution in [2.75, 3.05) is 0 Å². The Labute approximate surface area is 132 Å². The molecule has 2 heterocycles. The molecule has 0 aliphatic carbocycles. The number of sulfonamides is 1. The molecule has 7 heteroatoms. The van der Waals surface area contributed by atoms with Crippen molar-refractivity contribution in [2.24, 2.45) is 0 Å². The van der Waals surface area contributed by atoms with E-state index in [0.717, 1.165) is 11.1 Å². The minimum atomic E-state index is -3.40. The number of rotatable bonds is 6. The highest BCUT2D eigenvalue weighted by Crippen LogP contribution is 2.19. The van der Waals surface area contributed by atoms with Crippen LogP contribution in [-0.4, -0.2) is 13.4 Å². The lowest BCUT2D eigenvalue weighted by Gasteiger charge is -2.03. The Kier molecular flexibility index (Phi) is 4.37. The molecular formula is C15H14N2O3S2. The third-order valence-electron chi connectivity index (χ3n) is 2.99. The molecule has 3 aromatic rings. The first kappa shape index (κ1) is 15.0. The maximum absolute atomic E-state index is 12.0. The SMILES string of the molecule is O=S(=O)(Cc1ccsc1)NCc1ncc(-c2ccccc2)o1. The molecule has 0 bridgehead atoms. The summed E-state index contributed by atoms with van der Waals surface area (Å²) in [5.41, 5.74) is 1.68. The Morgan fingerprint density at radius 1 is 1.18 bits per heavy atom. The van der Waals surface area contributed by atoms with E-state index in [1.54, 1.807) is 12.3 Å². The number of nitrogens with zero attached hydrogens (tertiary/aromatic N) is 1. The Morgan fingerprint density at radius 3 is 2.73 bits per heavy atom. The lowest BCUT2D eigenvalue weighted by Crippen LogP contribution is -2.24. The van der Waals surface area contributed by atoms with E-state index in [-0.39, 0.29) is 12.3 Å². The fourth-order valence-corrected chi connectivity index (χ4v) is 3.78. The van der Waals surface area contributed by atoms with Crippen LogP contribution in [0.2, 0.25) is 0 Å². The summed E-state index contributed by atoms with van der Waals surface area (Å²) < 4.78 is 32.0. The van der Waals surface area contributed by atoms with Gasteiger partial charge in [0.05, 0.1) is 18.5 Å². The minimum Gasteiger partial charge on any atom is -0.439 e. The van der Waals surface area contributed by atoms with E-state index in [2.05, 4.69) is 9.71 Å². The fourth-order valence-electron chi connectivity index (χ4n) is 1.94. The molecule has 0 spiro atoms. The lowest BCUT2D eigenvalue weighted by molar-refractivity contribution is 0.494. The molecule has 22 heavy (non-hydrogen) atoms. The Hall–Kier alpha value is -1.96. The van der Waals surface area contributed by atoms with Gasteiger partial charge in [0.2, 0.25) is 15.9 Å². The van der Waals surface area contributed by atoms with Crippen LogP contribution in [-0.2, 0) is 22.3 Å². The van der Waals surface area contributed by atoms with Crippen LogP contribution in [0.4, 0.5) is 0 Å². The third kappa shape index (κ3) is 3.82. The Bertz CT molecular complexity index is 825. The number of nitrogens with one attached hydrogen (secondary N) is 1. The maximum atomic E-state index is 12.0. The van der Waals surface area contributed by atoms with E-state index in [1.807, 2.05) is 41.1 Å². The normalized spacial score (nSPS) is 11.6. The van der Waals surface area contributed by atoms with Gasteiger partial charge in [0.25, 0.3) is 0 Å². The van der Waals surface area contributed by atoms with Crippen LogP contribution in [0.15, 0.2) is 57.8 Å². The number of aromatic nitrogens is 1. The molecular weight excluding hydrogens is 320 g/mol. The van der Waals surface area contributed by atoms with E-state index in [0.29, 0.717) is 11.7 Å². The molecule has 0 aliphatic rings. The monoisotopic (exact) mass is 334 g/mol. The largest absolute Gasteiger partial charge is 0.439 e. The summed E-state index contributed by atoms with van der Waals surface area (Å²) >= 11 is 1.47. The molecule has 0 fully saturated rings. The standard InChI is InChI=1S/C15H14N2O3S2/c18-22(19,11-12-6-7-21-10-12)17-9-15-16-8-14(20-15)13-4-2-1-3-5-13/h1-8,10,17H,9,11H2. The van der Waals surface area contributed by atoms with Gasteiger partial charge >= 0.3 is 0 Å². The molecule has 114 valence electrons. The van der Waals surface area contributed by atoms with E-state index in [4.69, 9.17) is 4.42 Å². The van der Waals surface area contributed by atoms with Crippen molar-refractivity contribution < 1.29 is 12.8 Å². The van der Waals surface area contributed by atoms with E-state index < -0.39 is 10.0 Å². The summed E-state index contributed by atoms with van der Waals surface area (Å²) in [5.74, 6) is 0.920. The summed E-state index contributed by atoms with van der Waals surface area (Å²) in [6.07, 6.45) is 1.60. The molecule has 0 atom stereocenters. The number of hydrogen-bond donors (Lipinski definition) is 1. The quantitative estimate of drug-likeness (QED) is 0.752. The van der Waals surface area contributed by atoms with Gasteiger partial charge in [-0.15, -0.1) is 0 Å². The van der Waals surface area contributed by atoms with Crippen LogP contribution >= 0.6 is 11.3 Å². The Balaban J connectivity index is 1.63. The second kappa shape index (κ2) is 6.43. The topological polar surface area (TPSA) is 72.2 Å². The van der Waals surface area contributed by atoms with Gasteiger partial charge < -0.3 is 4.42 Å². The molecule has 0 radical (unpaired) electrons. The van der Waals surface area contributed by atoms with Crippen LogP contribution in [0.5, 0.6) is 0 Å². The summed E-state index contributed by atoms with van der Waals surface area (Å²) in [6, 6.07) is 11.3. The molecule has 1 aromatic carbocycles. The van der Waals surface area contributed by atoms with Crippen LogP contribution in [0.1, 0.15) is 11.5 Å². The smallest absolute Gasteiger partial charge is 0.216 e. The van der Waals surface area contributed by atoms with E-state index in [1.165, 1.54) is 11.3 Å². The first-order valence-corrected chi connectivity index (χ1v) is 9.20. The van der Waals surface area contributed by atoms with Gasteiger partial charge in [-0.25, -0.2) is 18.1 Å². The predicted octanol–water partition coefficient (Wildman–Crippen LogP) is 3.02. The van der Waals surface area contributed by atoms with Gasteiger partial charge in [0.15, 0.2) is 5.76 Å². The molecule has 0 amide bonds. The number of benzene rings is 1. The van der Waals surface area contributed by atoms with Crippen molar-refractivity contribution >= 4 is 21.4 Å². The first-order valence-electron chi connectivity index (χ1n) is 6.61. The van der Waals surface area contributed by atoms with E-state index in [9.17, 15) is 8.42 Å². The molecule has 0 aliphatic heterocycles. The van der Waals surface area contributed by atoms with Gasteiger partial charge in [-0.1, -0.05) is 30.3 Å². The van der Waals surface area contributed by atoms with Crippen molar-refractivity contribution in [3.8, 4) is 11.3 Å². The summed E-state index contributed by atoms with van der Waals surface area (Å²) in [4.78, 5) is 4.10. The maximum Gasteiger partial charge on any atom is 0.216 e. The second-order valence-electron chi connectivity index (χ2n) is 4.70. The molecule has 3 rings (SSSR count). The zero-order chi connectivity index (χ0) is 15.4. The van der Waals surface area contributed by atoms with Gasteiger partial charge in [-0.3, -0.25) is 0 Å². The molecule has 0 saturated carbocycles. The van der Waals surface area contributed by atoms with Gasteiger partial charge in [-0.2, -0.15) is 11.3 Å². The first-order chi connectivity index (χ1) is 10.6. The minimum absolute atomic E-state index is 0.0389. The van der Waals surface area contributed by atoms with Gasteiger partial charge in [0, 0.05) is 5.56 Å². The number of hydrogen-bond acceptors (Lipinski definition) is 5. The number of thiophene rings is 1. The van der Waals surface area contributed by atoms with Crippen LogP contribution in [0.25, 0.3) is 11.3 Å². The van der Waals surface area contributed by atoms with Gasteiger partial charge in [-0.05, 0) is 22.4 Å². The molecule has 5 nitrogen and oxygen atoms in total. The highest BCUT2D eigenvalue weighted by atomic mass is 32.2. The second-order valence-corrected chi connectivity index (χ2v) is 7.28. The summed E-state index contributed by atoms with van der Waals surface area (Å²) in [7, 11) is -3.40. The number of oxazole rings is 1. The van der Waals surface area contributed by atoms with Gasteiger partial charge in [0.1, 0.15) is 0 Å². The summed E-state index contributed by atoms with van der Waals surface area (Å²) in [6.45, 7) is 0.0410. The average molecular weight is 334 g/mol. The molecule has 1 N–H and O–H groups in total. The van der Waals surface area contributed by atoms with Crippen molar-refractivity contribution in [2.45, 2.75) is 12.3 Å². The van der Waals surface area contributed by atoms with Crippen molar-refractivity contribution in [3.05, 3.63) is 64.8 Å². The van der Waals surface area contributed by atoms with Crippen LogP contribution in [0.3, 0.4) is 0 Å². The average Bonchev–Trinajstić information content (AvgIpc) is 3.17. The fraction of sp³-hybridized carbons (Fsp3) is 0.133. The van der Waals surface area contributed by atoms with Crippen LogP contribution < -0.4 is 4.72 Å². The van der Waals surface area contributed by atoms with Crippen molar-refractivity contribution in [3.63, 3.8) is 0 Å². The summed E-state index contributed by atoms with van der Waals surface area (Å²) in [5, 5.41) is 3.67. The Morgan fingerprint density at radius 2 is 2.00 bits per heavy atom. The third-order valence-corrected chi connectivity index (χ3v) is 5.02. The predicted molar refractivity (Wildman–Crippen MR) is 85.7 cm³/mol. The van der Waals surface area contributed by atoms with Crippen molar-refractivity contribution in [1.82, 2.24) is 9.71 Å². The molecule has 0 saturated heterocycles. The lowest BCUT2D eigenvalue weighted by atomic mass is 10.2. The van der Waals surface area contributed by atoms with Crippen molar-refractivity contribution in [1.29, 1.82) is 0 Å². The zero-order valence-electron chi connectivity index (χ0n) is 11.6. The van der Waals surface area contributed by atoms with E-state index >= 15 is 0 Å². The van der Waals surface area contributed by atoms with Crippen LogP contribution in [0, 0.1) is 0 Å². The highest BCUT2D eigenvalue weighted by molar-refractivity contribution is 7.88.